The molecule has 2 N–H and O–H groups in total. The van der Waals surface area contributed by atoms with Crippen molar-refractivity contribution in [1.82, 2.24) is 15.5 Å². The van der Waals surface area contributed by atoms with Crippen molar-refractivity contribution >= 4 is 35.4 Å². The van der Waals surface area contributed by atoms with Gasteiger partial charge in [0.05, 0.1) is 23.7 Å². The standard InChI is InChI=1S/C43H60ClN3O8/c1-26(2)20-35-40(50)53-33(27(3)37-38(55-37)30-17-14-28(15-18-30)23-47(9)25-42(4,5)6)12-11-13-36(48)46-32(22-29-16-19-34(52-10)31(44)21-29)39(49)45-24-43(7,8)41(51)54-35/h11,13-19,21,26-27,32-33,35,37-38H,12,20,22-25H2,1-10H3,(H,45,49)(H,46,48)/b13-11+/t27-,32+,33-,35-,37+,38+/m0/s1. The fraction of sp³-hybridized carbons (Fsp3) is 0.581. The van der Waals surface area contributed by atoms with Crippen LogP contribution in [0.5, 0.6) is 5.75 Å². The van der Waals surface area contributed by atoms with Gasteiger partial charge >= 0.3 is 11.9 Å². The van der Waals surface area contributed by atoms with E-state index in [1.165, 1.54) is 18.7 Å². The average molecular weight is 782 g/mol. The SMILES string of the molecule is COc1ccc(C[C@H]2NC(=O)/C=C/C[C@@H]([C@H](C)[C@H]3O[C@@H]3c3ccc(CN(C)CC(C)(C)C)cc3)OC(=O)[C@H](CC(C)C)OC(=O)C(C)(C)CNC2=O)cc1Cl. The Morgan fingerprint density at radius 3 is 2.29 bits per heavy atom. The van der Waals surface area contributed by atoms with Crippen molar-refractivity contribution in [3.8, 4) is 5.75 Å². The molecule has 2 aromatic carbocycles. The van der Waals surface area contributed by atoms with E-state index in [4.69, 9.17) is 30.5 Å². The highest BCUT2D eigenvalue weighted by Gasteiger charge is 2.48. The summed E-state index contributed by atoms with van der Waals surface area (Å²) in [6, 6.07) is 12.6. The number of carbonyl (C=O) groups is 4. The number of cyclic esters (lactones) is 2. The van der Waals surface area contributed by atoms with Crippen molar-refractivity contribution in [2.24, 2.45) is 22.7 Å². The summed E-state index contributed by atoms with van der Waals surface area (Å²) in [5.74, 6) is -2.10. The highest BCUT2D eigenvalue weighted by Crippen LogP contribution is 2.45. The number of halogens is 1. The molecule has 0 bridgehead atoms. The Kier molecular flexibility index (Phi) is 15.0. The van der Waals surface area contributed by atoms with Crippen LogP contribution in [0.15, 0.2) is 54.6 Å². The van der Waals surface area contributed by atoms with Crippen molar-refractivity contribution in [1.29, 1.82) is 0 Å². The molecule has 0 aliphatic carbocycles. The lowest BCUT2D eigenvalue weighted by atomic mass is 9.92. The van der Waals surface area contributed by atoms with Crippen LogP contribution in [-0.2, 0) is 46.4 Å². The number of esters is 2. The molecule has 55 heavy (non-hydrogen) atoms. The number of carbonyl (C=O) groups excluding carboxylic acids is 4. The topological polar surface area (TPSA) is 136 Å². The third-order valence-electron chi connectivity index (χ3n) is 9.78. The summed E-state index contributed by atoms with van der Waals surface area (Å²) in [7, 11) is 3.63. The fourth-order valence-electron chi connectivity index (χ4n) is 6.81. The molecule has 1 saturated heterocycles. The van der Waals surface area contributed by atoms with E-state index in [0.717, 1.165) is 18.7 Å². The second-order valence-corrected chi connectivity index (χ2v) is 17.7. The first-order valence-electron chi connectivity index (χ1n) is 19.2. The fourth-order valence-corrected chi connectivity index (χ4v) is 7.09. The van der Waals surface area contributed by atoms with Gasteiger partial charge in [0.25, 0.3) is 0 Å². The Bertz CT molecular complexity index is 1690. The molecule has 1 fully saturated rings. The van der Waals surface area contributed by atoms with E-state index < -0.39 is 47.4 Å². The Morgan fingerprint density at radius 1 is 1.00 bits per heavy atom. The van der Waals surface area contributed by atoms with Crippen LogP contribution in [-0.4, -0.2) is 80.3 Å². The third kappa shape index (κ3) is 13.1. The minimum atomic E-state index is -1.21. The number of hydrogen-bond acceptors (Lipinski definition) is 9. The minimum Gasteiger partial charge on any atom is -0.495 e. The van der Waals surface area contributed by atoms with E-state index in [0.29, 0.717) is 16.3 Å². The molecule has 2 aromatic rings. The molecule has 0 radical (unpaired) electrons. The molecule has 0 spiro atoms. The monoisotopic (exact) mass is 781 g/mol. The van der Waals surface area contributed by atoms with Crippen LogP contribution >= 0.6 is 11.6 Å². The van der Waals surface area contributed by atoms with E-state index in [9.17, 15) is 19.2 Å². The number of hydrogen-bond donors (Lipinski definition) is 2. The summed E-state index contributed by atoms with van der Waals surface area (Å²) in [6.07, 6.45) is 1.25. The highest BCUT2D eigenvalue weighted by molar-refractivity contribution is 6.32. The second kappa shape index (κ2) is 18.8. The van der Waals surface area contributed by atoms with Crippen LogP contribution in [0.3, 0.4) is 0 Å². The number of nitrogens with zero attached hydrogens (tertiary/aromatic N) is 1. The summed E-state index contributed by atoms with van der Waals surface area (Å²) in [6.45, 7) is 17.4. The summed E-state index contributed by atoms with van der Waals surface area (Å²) < 4.78 is 23.4. The van der Waals surface area contributed by atoms with Crippen molar-refractivity contribution < 1.29 is 38.1 Å². The number of amides is 2. The lowest BCUT2D eigenvalue weighted by molar-refractivity contribution is -0.179. The largest absolute Gasteiger partial charge is 0.495 e. The molecule has 11 nitrogen and oxygen atoms in total. The molecule has 2 heterocycles. The molecule has 0 saturated carbocycles. The van der Waals surface area contributed by atoms with Crippen LogP contribution in [0.4, 0.5) is 0 Å². The van der Waals surface area contributed by atoms with E-state index in [1.54, 1.807) is 38.1 Å². The zero-order valence-electron chi connectivity index (χ0n) is 34.1. The molecule has 4 rings (SSSR count). The summed E-state index contributed by atoms with van der Waals surface area (Å²) in [5.41, 5.74) is 1.93. The van der Waals surface area contributed by atoms with Gasteiger partial charge in [-0.25, -0.2) is 4.79 Å². The first-order chi connectivity index (χ1) is 25.8. The second-order valence-electron chi connectivity index (χ2n) is 17.3. The van der Waals surface area contributed by atoms with Crippen LogP contribution in [0.25, 0.3) is 0 Å². The maximum Gasteiger partial charge on any atom is 0.347 e. The number of benzene rings is 2. The first kappa shape index (κ1) is 43.8. The van der Waals surface area contributed by atoms with Gasteiger partial charge in [-0.1, -0.05) is 89.6 Å². The Hall–Kier alpha value is -3.93. The van der Waals surface area contributed by atoms with Crippen LogP contribution in [0.1, 0.15) is 91.0 Å². The molecular weight excluding hydrogens is 722 g/mol. The molecule has 0 aromatic heterocycles. The minimum absolute atomic E-state index is 0.0119. The van der Waals surface area contributed by atoms with Crippen molar-refractivity contribution in [2.75, 3.05) is 27.2 Å². The third-order valence-corrected chi connectivity index (χ3v) is 10.1. The van der Waals surface area contributed by atoms with Gasteiger partial charge in [0.2, 0.25) is 11.8 Å². The van der Waals surface area contributed by atoms with Gasteiger partial charge in [-0.15, -0.1) is 0 Å². The van der Waals surface area contributed by atoms with Gasteiger partial charge in [-0.2, -0.15) is 0 Å². The quantitative estimate of drug-likeness (QED) is 0.191. The zero-order valence-corrected chi connectivity index (χ0v) is 34.8. The van der Waals surface area contributed by atoms with E-state index in [1.807, 2.05) is 20.8 Å². The van der Waals surface area contributed by atoms with Gasteiger partial charge in [0, 0.05) is 38.4 Å². The molecule has 302 valence electrons. The molecule has 2 aliphatic heterocycles. The Balaban J connectivity index is 1.56. The van der Waals surface area contributed by atoms with E-state index in [-0.39, 0.29) is 55.3 Å². The van der Waals surface area contributed by atoms with Crippen molar-refractivity contribution in [3.05, 3.63) is 76.3 Å². The smallest absolute Gasteiger partial charge is 0.347 e. The number of epoxide rings is 1. The lowest BCUT2D eigenvalue weighted by Crippen LogP contribution is -2.51. The molecule has 12 heteroatoms. The first-order valence-corrected chi connectivity index (χ1v) is 19.6. The average Bonchev–Trinajstić information content (AvgIpc) is 3.89. The van der Waals surface area contributed by atoms with Gasteiger partial charge < -0.3 is 34.5 Å². The maximum absolute atomic E-state index is 13.8. The van der Waals surface area contributed by atoms with Crippen molar-refractivity contribution in [3.63, 3.8) is 0 Å². The van der Waals surface area contributed by atoms with E-state index in [2.05, 4.69) is 67.6 Å². The predicted octanol–water partition coefficient (Wildman–Crippen LogP) is 6.60. The highest BCUT2D eigenvalue weighted by atomic mass is 35.5. The van der Waals surface area contributed by atoms with Gasteiger partial charge in [-0.3, -0.25) is 14.4 Å². The normalized spacial score (nSPS) is 25.1. The van der Waals surface area contributed by atoms with E-state index >= 15 is 0 Å². The number of ether oxygens (including phenoxy) is 4. The number of methoxy groups -OCH3 is 1. The number of rotatable bonds is 11. The molecule has 2 aliphatic rings. The summed E-state index contributed by atoms with van der Waals surface area (Å²) >= 11 is 6.36. The predicted molar refractivity (Wildman–Crippen MR) is 212 cm³/mol. The molecule has 6 atom stereocenters. The van der Waals surface area contributed by atoms with Gasteiger partial charge in [0.1, 0.15) is 24.0 Å². The summed E-state index contributed by atoms with van der Waals surface area (Å²) in [4.78, 5) is 56.5. The Morgan fingerprint density at radius 2 is 1.67 bits per heavy atom. The molecule has 0 unspecified atom stereocenters. The summed E-state index contributed by atoms with van der Waals surface area (Å²) in [5, 5.41) is 5.95. The number of nitrogens with one attached hydrogen (secondary N) is 2. The zero-order chi connectivity index (χ0) is 40.7. The van der Waals surface area contributed by atoms with Crippen LogP contribution in [0, 0.1) is 22.7 Å². The lowest BCUT2D eigenvalue weighted by Gasteiger charge is -2.29. The molecule has 2 amide bonds. The van der Waals surface area contributed by atoms with Crippen LogP contribution < -0.4 is 15.4 Å². The van der Waals surface area contributed by atoms with Gasteiger partial charge in [0.15, 0.2) is 6.10 Å². The van der Waals surface area contributed by atoms with Crippen LogP contribution in [0.2, 0.25) is 5.02 Å². The maximum atomic E-state index is 13.8. The Labute approximate surface area is 331 Å². The van der Waals surface area contributed by atoms with Crippen molar-refractivity contribution in [2.45, 2.75) is 112 Å². The van der Waals surface area contributed by atoms with Gasteiger partial charge in [-0.05, 0) is 73.5 Å². The molecular formula is C43H60ClN3O8.